The van der Waals surface area contributed by atoms with Crippen LogP contribution in [0.2, 0.25) is 0 Å². The highest BCUT2D eigenvalue weighted by Gasteiger charge is 2.22. The summed E-state index contributed by atoms with van der Waals surface area (Å²) in [6.07, 6.45) is 0.316. The second kappa shape index (κ2) is 6.88. The molecule has 0 radical (unpaired) electrons. The molecule has 1 atom stereocenters. The summed E-state index contributed by atoms with van der Waals surface area (Å²) in [7, 11) is 0. The van der Waals surface area contributed by atoms with Gasteiger partial charge in [0, 0.05) is 0 Å². The standard InChI is InChI=1S/C19H24O2/c1-4-18(20)14-21-19(2,3)17-12-10-16(11-13-17)15-8-6-5-7-9-15/h5-13,18,20H,4,14H2,1-3H3. The van der Waals surface area contributed by atoms with Crippen molar-refractivity contribution in [2.24, 2.45) is 0 Å². The molecule has 0 heterocycles. The lowest BCUT2D eigenvalue weighted by Gasteiger charge is -2.27. The molecule has 0 aliphatic rings. The van der Waals surface area contributed by atoms with Gasteiger partial charge in [-0.25, -0.2) is 0 Å². The zero-order valence-electron chi connectivity index (χ0n) is 13.0. The predicted octanol–water partition coefficient (Wildman–Crippen LogP) is 4.38. The Balaban J connectivity index is 2.11. The van der Waals surface area contributed by atoms with Gasteiger partial charge < -0.3 is 9.84 Å². The predicted molar refractivity (Wildman–Crippen MR) is 87.2 cm³/mol. The molecule has 0 amide bonds. The Bertz CT molecular complexity index is 544. The molecule has 2 nitrogen and oxygen atoms in total. The number of aliphatic hydroxyl groups is 1. The summed E-state index contributed by atoms with van der Waals surface area (Å²) < 4.78 is 5.86. The van der Waals surface area contributed by atoms with Crippen molar-refractivity contribution in [3.8, 4) is 11.1 Å². The van der Waals surface area contributed by atoms with E-state index in [0.717, 1.165) is 5.56 Å². The van der Waals surface area contributed by atoms with Gasteiger partial charge in [0.1, 0.15) is 0 Å². The number of rotatable bonds is 6. The molecular weight excluding hydrogens is 260 g/mol. The normalized spacial score (nSPS) is 13.1. The highest BCUT2D eigenvalue weighted by Crippen LogP contribution is 2.27. The average molecular weight is 284 g/mol. The van der Waals surface area contributed by atoms with Crippen molar-refractivity contribution in [3.63, 3.8) is 0 Å². The van der Waals surface area contributed by atoms with Crippen LogP contribution >= 0.6 is 0 Å². The molecule has 2 aromatic rings. The van der Waals surface area contributed by atoms with Crippen LogP contribution in [0.3, 0.4) is 0 Å². The molecule has 0 saturated heterocycles. The van der Waals surface area contributed by atoms with Crippen LogP contribution in [0.25, 0.3) is 11.1 Å². The van der Waals surface area contributed by atoms with Gasteiger partial charge in [-0.3, -0.25) is 0 Å². The number of aliphatic hydroxyl groups excluding tert-OH is 1. The van der Waals surface area contributed by atoms with Crippen molar-refractivity contribution < 1.29 is 9.84 Å². The lowest BCUT2D eigenvalue weighted by atomic mass is 9.95. The summed E-state index contributed by atoms with van der Waals surface area (Å²) in [6.45, 7) is 6.39. The first-order valence-electron chi connectivity index (χ1n) is 7.51. The first kappa shape index (κ1) is 15.7. The van der Waals surface area contributed by atoms with Gasteiger partial charge in [0.2, 0.25) is 0 Å². The largest absolute Gasteiger partial charge is 0.391 e. The van der Waals surface area contributed by atoms with E-state index in [-0.39, 0.29) is 0 Å². The van der Waals surface area contributed by atoms with E-state index in [2.05, 4.69) is 36.4 Å². The highest BCUT2D eigenvalue weighted by atomic mass is 16.5. The summed E-state index contributed by atoms with van der Waals surface area (Å²) in [5.74, 6) is 0. The maximum Gasteiger partial charge on any atom is 0.0876 e. The zero-order chi connectivity index (χ0) is 15.3. The maximum absolute atomic E-state index is 9.64. The first-order valence-corrected chi connectivity index (χ1v) is 7.51. The average Bonchev–Trinajstić information content (AvgIpc) is 2.53. The molecule has 1 N–H and O–H groups in total. The Hall–Kier alpha value is -1.64. The van der Waals surface area contributed by atoms with Crippen molar-refractivity contribution in [2.45, 2.75) is 38.9 Å². The van der Waals surface area contributed by atoms with E-state index in [1.807, 2.05) is 39.0 Å². The lowest BCUT2D eigenvalue weighted by Crippen LogP contribution is -2.27. The Labute approximate surface area is 127 Å². The minimum absolute atomic E-state index is 0.365. The third kappa shape index (κ3) is 4.16. The Morgan fingerprint density at radius 3 is 2.10 bits per heavy atom. The fourth-order valence-corrected chi connectivity index (χ4v) is 2.20. The van der Waals surface area contributed by atoms with Gasteiger partial charge in [-0.1, -0.05) is 61.5 Å². The second-order valence-corrected chi connectivity index (χ2v) is 5.83. The molecular formula is C19H24O2. The molecule has 0 aromatic heterocycles. The summed E-state index contributed by atoms with van der Waals surface area (Å²) in [6, 6.07) is 18.8. The van der Waals surface area contributed by atoms with Crippen LogP contribution in [0.1, 0.15) is 32.8 Å². The van der Waals surface area contributed by atoms with Crippen molar-refractivity contribution in [1.29, 1.82) is 0 Å². The Kier molecular flexibility index (Phi) is 5.16. The van der Waals surface area contributed by atoms with Crippen LogP contribution in [0.5, 0.6) is 0 Å². The molecule has 21 heavy (non-hydrogen) atoms. The van der Waals surface area contributed by atoms with E-state index in [4.69, 9.17) is 4.74 Å². The van der Waals surface area contributed by atoms with Crippen LogP contribution in [0, 0.1) is 0 Å². The molecule has 0 bridgehead atoms. The molecule has 2 heteroatoms. The summed E-state index contributed by atoms with van der Waals surface area (Å²) >= 11 is 0. The fourth-order valence-electron chi connectivity index (χ4n) is 2.20. The number of benzene rings is 2. The monoisotopic (exact) mass is 284 g/mol. The Morgan fingerprint density at radius 1 is 0.952 bits per heavy atom. The van der Waals surface area contributed by atoms with E-state index in [9.17, 15) is 5.11 Å². The van der Waals surface area contributed by atoms with E-state index in [1.54, 1.807) is 0 Å². The number of hydrogen-bond donors (Lipinski definition) is 1. The maximum atomic E-state index is 9.64. The number of hydrogen-bond acceptors (Lipinski definition) is 2. The highest BCUT2D eigenvalue weighted by molar-refractivity contribution is 5.63. The third-order valence-corrected chi connectivity index (χ3v) is 3.80. The van der Waals surface area contributed by atoms with Crippen molar-refractivity contribution in [1.82, 2.24) is 0 Å². The van der Waals surface area contributed by atoms with E-state index in [0.29, 0.717) is 13.0 Å². The van der Waals surface area contributed by atoms with E-state index in [1.165, 1.54) is 11.1 Å². The van der Waals surface area contributed by atoms with Crippen molar-refractivity contribution >= 4 is 0 Å². The topological polar surface area (TPSA) is 29.5 Å². The number of ether oxygens (including phenoxy) is 1. The minimum atomic E-state index is -0.397. The molecule has 2 aromatic carbocycles. The lowest BCUT2D eigenvalue weighted by molar-refractivity contribution is -0.0636. The van der Waals surface area contributed by atoms with Crippen LogP contribution in [0.4, 0.5) is 0 Å². The van der Waals surface area contributed by atoms with Gasteiger partial charge in [0.25, 0.3) is 0 Å². The van der Waals surface area contributed by atoms with Gasteiger partial charge in [0.05, 0.1) is 18.3 Å². The quantitative estimate of drug-likeness (QED) is 0.853. The second-order valence-electron chi connectivity index (χ2n) is 5.83. The Morgan fingerprint density at radius 2 is 1.52 bits per heavy atom. The first-order chi connectivity index (χ1) is 10.0. The van der Waals surface area contributed by atoms with Crippen LogP contribution in [-0.2, 0) is 10.3 Å². The van der Waals surface area contributed by atoms with Gasteiger partial charge in [0.15, 0.2) is 0 Å². The van der Waals surface area contributed by atoms with Crippen LogP contribution in [-0.4, -0.2) is 17.8 Å². The molecule has 0 fully saturated rings. The summed E-state index contributed by atoms with van der Waals surface area (Å²) in [5.41, 5.74) is 3.13. The molecule has 2 rings (SSSR count). The van der Waals surface area contributed by atoms with Gasteiger partial charge >= 0.3 is 0 Å². The SMILES string of the molecule is CCC(O)COC(C)(C)c1ccc(-c2ccccc2)cc1. The summed E-state index contributed by atoms with van der Waals surface area (Å²) in [4.78, 5) is 0. The molecule has 0 saturated carbocycles. The molecule has 0 aliphatic heterocycles. The molecule has 0 spiro atoms. The molecule has 1 unspecified atom stereocenters. The van der Waals surface area contributed by atoms with Crippen LogP contribution < -0.4 is 0 Å². The smallest absolute Gasteiger partial charge is 0.0876 e. The van der Waals surface area contributed by atoms with E-state index < -0.39 is 11.7 Å². The van der Waals surface area contributed by atoms with Gasteiger partial charge in [-0.2, -0.15) is 0 Å². The van der Waals surface area contributed by atoms with Crippen molar-refractivity contribution in [3.05, 3.63) is 60.2 Å². The fraction of sp³-hybridized carbons (Fsp3) is 0.368. The molecule has 0 aliphatic carbocycles. The van der Waals surface area contributed by atoms with Crippen LogP contribution in [0.15, 0.2) is 54.6 Å². The van der Waals surface area contributed by atoms with E-state index >= 15 is 0 Å². The summed E-state index contributed by atoms with van der Waals surface area (Å²) in [5, 5.41) is 9.64. The zero-order valence-corrected chi connectivity index (χ0v) is 13.0. The van der Waals surface area contributed by atoms with Gasteiger partial charge in [-0.05, 0) is 37.0 Å². The third-order valence-electron chi connectivity index (χ3n) is 3.80. The van der Waals surface area contributed by atoms with Gasteiger partial charge in [-0.15, -0.1) is 0 Å². The van der Waals surface area contributed by atoms with Crippen molar-refractivity contribution in [2.75, 3.05) is 6.61 Å². The minimum Gasteiger partial charge on any atom is -0.391 e. The molecule has 112 valence electrons.